The van der Waals surface area contributed by atoms with Crippen molar-refractivity contribution < 1.29 is 15.0 Å². The standard InChI is InChI=1S/C28H30N4O3/c1-19(33)17-30-26(34)20-12-13-24-25(16-20)32(23-14-15-29-18-23)27(31-24)28(35,21-8-4-2-5-9-21)22-10-6-3-7-11-22/h2-13,16,19,23,29,33,35H,14-15,17-18H2,1H3,(H,30,34)/t19-,23?/m1/s1. The normalized spacial score (nSPS) is 16.9. The van der Waals surface area contributed by atoms with E-state index in [1.807, 2.05) is 72.8 Å². The van der Waals surface area contributed by atoms with Gasteiger partial charge in [0, 0.05) is 24.7 Å². The van der Waals surface area contributed by atoms with Crippen molar-refractivity contribution in [2.75, 3.05) is 19.6 Å². The van der Waals surface area contributed by atoms with Crippen LogP contribution < -0.4 is 10.6 Å². The van der Waals surface area contributed by atoms with Crippen LogP contribution in [0.3, 0.4) is 0 Å². The fourth-order valence-corrected chi connectivity index (χ4v) is 4.84. The van der Waals surface area contributed by atoms with Crippen LogP contribution in [0.25, 0.3) is 11.0 Å². The van der Waals surface area contributed by atoms with Crippen molar-refractivity contribution in [3.8, 4) is 0 Å². The van der Waals surface area contributed by atoms with Crippen molar-refractivity contribution in [3.05, 3.63) is 101 Å². The molecular formula is C28H30N4O3. The number of carbonyl (C=O) groups is 1. The highest BCUT2D eigenvalue weighted by Gasteiger charge is 2.40. The molecule has 35 heavy (non-hydrogen) atoms. The summed E-state index contributed by atoms with van der Waals surface area (Å²) in [4.78, 5) is 17.7. The zero-order valence-electron chi connectivity index (χ0n) is 19.7. The SMILES string of the molecule is C[C@@H](O)CNC(=O)c1ccc2nc(C(O)(c3ccccc3)c3ccccc3)n(C3CCNC3)c2c1. The zero-order valence-corrected chi connectivity index (χ0v) is 19.7. The number of benzene rings is 3. The Kier molecular flexibility index (Phi) is 6.38. The first-order valence-corrected chi connectivity index (χ1v) is 12.0. The maximum absolute atomic E-state index is 12.8. The summed E-state index contributed by atoms with van der Waals surface area (Å²) < 4.78 is 2.10. The van der Waals surface area contributed by atoms with E-state index in [0.717, 1.165) is 36.2 Å². The molecule has 0 saturated carbocycles. The summed E-state index contributed by atoms with van der Waals surface area (Å²) in [6.45, 7) is 3.42. The molecule has 0 radical (unpaired) electrons. The van der Waals surface area contributed by atoms with Crippen molar-refractivity contribution in [1.82, 2.24) is 20.2 Å². The first kappa shape index (κ1) is 23.2. The molecule has 1 aliphatic rings. The number of carbonyl (C=O) groups excluding carboxylic acids is 1. The maximum Gasteiger partial charge on any atom is 0.251 e. The van der Waals surface area contributed by atoms with Crippen molar-refractivity contribution in [3.63, 3.8) is 0 Å². The second-order valence-corrected chi connectivity index (χ2v) is 9.16. The van der Waals surface area contributed by atoms with E-state index in [1.165, 1.54) is 0 Å². The summed E-state index contributed by atoms with van der Waals surface area (Å²) in [6, 6.07) is 24.6. The average molecular weight is 471 g/mol. The molecule has 2 atom stereocenters. The zero-order chi connectivity index (χ0) is 24.4. The highest BCUT2D eigenvalue weighted by atomic mass is 16.3. The van der Waals surface area contributed by atoms with Gasteiger partial charge in [-0.15, -0.1) is 0 Å². The first-order chi connectivity index (χ1) is 17.0. The summed E-state index contributed by atoms with van der Waals surface area (Å²) in [5.74, 6) is 0.271. The molecule has 0 spiro atoms. The number of hydrogen-bond acceptors (Lipinski definition) is 5. The quantitative estimate of drug-likeness (QED) is 0.333. The van der Waals surface area contributed by atoms with Crippen molar-refractivity contribution in [2.24, 2.45) is 0 Å². The van der Waals surface area contributed by atoms with Gasteiger partial charge in [0.05, 0.1) is 17.1 Å². The van der Waals surface area contributed by atoms with Gasteiger partial charge in [-0.1, -0.05) is 60.7 Å². The maximum atomic E-state index is 12.8. The van der Waals surface area contributed by atoms with Crippen LogP contribution in [0.2, 0.25) is 0 Å². The number of amides is 1. The van der Waals surface area contributed by atoms with Gasteiger partial charge in [0.2, 0.25) is 0 Å². The van der Waals surface area contributed by atoms with Crippen LogP contribution >= 0.6 is 0 Å². The molecule has 180 valence electrons. The Balaban J connectivity index is 1.72. The van der Waals surface area contributed by atoms with Gasteiger partial charge >= 0.3 is 0 Å². The molecule has 0 bridgehead atoms. The number of imidazole rings is 1. The first-order valence-electron chi connectivity index (χ1n) is 12.0. The van der Waals surface area contributed by atoms with Gasteiger partial charge in [0.25, 0.3) is 5.91 Å². The van der Waals surface area contributed by atoms with E-state index in [2.05, 4.69) is 15.2 Å². The van der Waals surface area contributed by atoms with E-state index in [0.29, 0.717) is 16.9 Å². The van der Waals surface area contributed by atoms with E-state index in [1.54, 1.807) is 13.0 Å². The molecule has 5 rings (SSSR count). The third kappa shape index (κ3) is 4.34. The number of nitrogens with zero attached hydrogens (tertiary/aromatic N) is 2. The fraction of sp³-hybridized carbons (Fsp3) is 0.286. The number of rotatable bonds is 7. The summed E-state index contributed by atoms with van der Waals surface area (Å²) in [6.07, 6.45) is 0.257. The smallest absolute Gasteiger partial charge is 0.251 e. The Labute approximate surface area is 204 Å². The highest BCUT2D eigenvalue weighted by molar-refractivity contribution is 5.97. The number of fused-ring (bicyclic) bond motifs is 1. The molecule has 1 aliphatic heterocycles. The lowest BCUT2D eigenvalue weighted by molar-refractivity contribution is 0.0924. The second kappa shape index (κ2) is 9.62. The van der Waals surface area contributed by atoms with Crippen molar-refractivity contribution >= 4 is 16.9 Å². The number of hydrogen-bond donors (Lipinski definition) is 4. The van der Waals surface area contributed by atoms with Crippen LogP contribution in [0, 0.1) is 0 Å². The summed E-state index contributed by atoms with van der Waals surface area (Å²) in [5, 5.41) is 28.2. The van der Waals surface area contributed by atoms with E-state index in [4.69, 9.17) is 4.98 Å². The molecule has 1 unspecified atom stereocenters. The van der Waals surface area contributed by atoms with E-state index < -0.39 is 11.7 Å². The fourth-order valence-electron chi connectivity index (χ4n) is 4.84. The number of aromatic nitrogens is 2. The van der Waals surface area contributed by atoms with Crippen LogP contribution in [-0.4, -0.2) is 51.4 Å². The third-order valence-corrected chi connectivity index (χ3v) is 6.62. The van der Waals surface area contributed by atoms with Gasteiger partial charge in [0.1, 0.15) is 0 Å². The molecule has 2 heterocycles. The van der Waals surface area contributed by atoms with E-state index >= 15 is 0 Å². The molecule has 4 N–H and O–H groups in total. The minimum atomic E-state index is -1.49. The lowest BCUT2D eigenvalue weighted by Crippen LogP contribution is -2.34. The summed E-state index contributed by atoms with van der Waals surface area (Å²) in [5.41, 5.74) is 1.96. The molecule has 3 aromatic carbocycles. The van der Waals surface area contributed by atoms with Crippen LogP contribution in [0.1, 0.15) is 46.7 Å². The molecule has 1 amide bonds. The van der Waals surface area contributed by atoms with Crippen LogP contribution in [-0.2, 0) is 5.60 Å². The van der Waals surface area contributed by atoms with E-state index in [9.17, 15) is 15.0 Å². The predicted octanol–water partition coefficient (Wildman–Crippen LogP) is 2.97. The summed E-state index contributed by atoms with van der Waals surface area (Å²) >= 11 is 0. The molecule has 1 saturated heterocycles. The van der Waals surface area contributed by atoms with Crippen molar-refractivity contribution in [1.29, 1.82) is 0 Å². The molecular weight excluding hydrogens is 440 g/mol. The number of aliphatic hydroxyl groups is 2. The predicted molar refractivity (Wildman–Crippen MR) is 135 cm³/mol. The number of nitrogens with one attached hydrogen (secondary N) is 2. The van der Waals surface area contributed by atoms with Gasteiger partial charge in [0.15, 0.2) is 11.4 Å². The molecule has 4 aromatic rings. The van der Waals surface area contributed by atoms with Crippen LogP contribution in [0.15, 0.2) is 78.9 Å². The Morgan fingerprint density at radius 2 is 1.77 bits per heavy atom. The van der Waals surface area contributed by atoms with E-state index in [-0.39, 0.29) is 18.5 Å². The van der Waals surface area contributed by atoms with Gasteiger partial charge < -0.3 is 25.4 Å². The van der Waals surface area contributed by atoms with Gasteiger partial charge in [-0.05, 0) is 49.2 Å². The lowest BCUT2D eigenvalue weighted by Gasteiger charge is -2.31. The topological polar surface area (TPSA) is 99.4 Å². The molecule has 1 fully saturated rings. The minimum Gasteiger partial charge on any atom is -0.392 e. The Morgan fingerprint density at radius 1 is 1.11 bits per heavy atom. The Bertz CT molecular complexity index is 1270. The monoisotopic (exact) mass is 470 g/mol. The van der Waals surface area contributed by atoms with Crippen LogP contribution in [0.4, 0.5) is 0 Å². The average Bonchev–Trinajstić information content (AvgIpc) is 3.55. The highest BCUT2D eigenvalue weighted by Crippen LogP contribution is 2.40. The molecule has 0 aliphatic carbocycles. The van der Waals surface area contributed by atoms with Crippen molar-refractivity contribution in [2.45, 2.75) is 31.1 Å². The van der Waals surface area contributed by atoms with Gasteiger partial charge in [-0.25, -0.2) is 4.98 Å². The molecule has 7 nitrogen and oxygen atoms in total. The summed E-state index contributed by atoms with van der Waals surface area (Å²) in [7, 11) is 0. The Hall–Kier alpha value is -3.52. The van der Waals surface area contributed by atoms with Gasteiger partial charge in [-0.2, -0.15) is 0 Å². The number of aliphatic hydroxyl groups excluding tert-OH is 1. The largest absolute Gasteiger partial charge is 0.392 e. The molecule has 1 aromatic heterocycles. The second-order valence-electron chi connectivity index (χ2n) is 9.16. The van der Waals surface area contributed by atoms with Gasteiger partial charge in [-0.3, -0.25) is 4.79 Å². The molecule has 7 heteroatoms. The minimum absolute atomic E-state index is 0.0738. The Morgan fingerprint density at radius 3 is 2.34 bits per heavy atom. The third-order valence-electron chi connectivity index (χ3n) is 6.62. The van der Waals surface area contributed by atoms with Crippen LogP contribution in [0.5, 0.6) is 0 Å². The lowest BCUT2D eigenvalue weighted by atomic mass is 9.85.